The van der Waals surface area contributed by atoms with E-state index >= 15 is 0 Å². The van der Waals surface area contributed by atoms with Crippen LogP contribution in [0.2, 0.25) is 0 Å². The number of benzene rings is 3. The van der Waals surface area contributed by atoms with Crippen molar-refractivity contribution >= 4 is 5.71 Å². The summed E-state index contributed by atoms with van der Waals surface area (Å²) in [5.74, 6) is -0.143. The fraction of sp³-hybridized carbons (Fsp3) is 0.0833. The van der Waals surface area contributed by atoms with Gasteiger partial charge in [-0.15, -0.1) is 0 Å². The second-order valence-corrected chi connectivity index (χ2v) is 6.82. The Balaban J connectivity index is 2.08. The number of rotatable bonds is 3. The van der Waals surface area contributed by atoms with Gasteiger partial charge in [-0.05, 0) is 35.7 Å². The summed E-state index contributed by atoms with van der Waals surface area (Å²) < 4.78 is 13.5. The largest absolute Gasteiger partial charge is 0.383 e. The second kappa shape index (κ2) is 6.79. The minimum absolute atomic E-state index is 0.186. The van der Waals surface area contributed by atoms with E-state index in [0.29, 0.717) is 11.3 Å². The van der Waals surface area contributed by atoms with Crippen molar-refractivity contribution < 1.29 is 4.39 Å². The molecule has 3 nitrogen and oxygen atoms in total. The van der Waals surface area contributed by atoms with Crippen LogP contribution in [0.4, 0.5) is 4.39 Å². The molecule has 1 unspecified atom stereocenters. The Morgan fingerprint density at radius 2 is 1.50 bits per heavy atom. The molecule has 0 saturated carbocycles. The highest BCUT2D eigenvalue weighted by molar-refractivity contribution is 6.15. The first kappa shape index (κ1) is 17.7. The molecule has 1 aliphatic rings. The summed E-state index contributed by atoms with van der Waals surface area (Å²) >= 11 is 0. The van der Waals surface area contributed by atoms with Crippen molar-refractivity contribution in [3.63, 3.8) is 0 Å². The standard InChI is InChI=1S/C24H18FN3/c1-16-7-11-19(12-8-16)24(18-5-3-2-4-6-18)21(15-26)23(27)28-22(24)17-9-13-20(25)14-10-17/h2-14H,27H2,1H3. The number of allylic oxidation sites excluding steroid dienone is 1. The third-order valence-electron chi connectivity index (χ3n) is 5.14. The summed E-state index contributed by atoms with van der Waals surface area (Å²) in [6.07, 6.45) is 0. The van der Waals surface area contributed by atoms with Crippen molar-refractivity contribution in [3.05, 3.63) is 118 Å². The van der Waals surface area contributed by atoms with E-state index in [1.807, 2.05) is 61.5 Å². The minimum atomic E-state index is -0.953. The van der Waals surface area contributed by atoms with Gasteiger partial charge < -0.3 is 5.73 Å². The molecule has 1 aliphatic heterocycles. The van der Waals surface area contributed by atoms with Crippen molar-refractivity contribution in [3.8, 4) is 6.07 Å². The van der Waals surface area contributed by atoms with Crippen LogP contribution in [0.25, 0.3) is 0 Å². The lowest BCUT2D eigenvalue weighted by molar-refractivity contribution is 0.627. The number of nitriles is 1. The highest BCUT2D eigenvalue weighted by Gasteiger charge is 2.49. The maximum Gasteiger partial charge on any atom is 0.139 e. The molecule has 4 heteroatoms. The van der Waals surface area contributed by atoms with Gasteiger partial charge in [0.1, 0.15) is 23.1 Å². The molecule has 0 bridgehead atoms. The molecule has 0 aliphatic carbocycles. The van der Waals surface area contributed by atoms with Crippen molar-refractivity contribution in [2.24, 2.45) is 10.7 Å². The van der Waals surface area contributed by atoms with E-state index in [0.717, 1.165) is 22.3 Å². The lowest BCUT2D eigenvalue weighted by atomic mass is 9.65. The van der Waals surface area contributed by atoms with Gasteiger partial charge in [-0.1, -0.05) is 72.3 Å². The van der Waals surface area contributed by atoms with E-state index in [1.54, 1.807) is 12.1 Å². The Kier molecular flexibility index (Phi) is 4.29. The minimum Gasteiger partial charge on any atom is -0.383 e. The number of nitrogens with two attached hydrogens (primary N) is 1. The van der Waals surface area contributed by atoms with E-state index in [9.17, 15) is 9.65 Å². The molecular formula is C24H18FN3. The highest BCUT2D eigenvalue weighted by atomic mass is 19.1. The van der Waals surface area contributed by atoms with Gasteiger partial charge in [-0.25, -0.2) is 9.38 Å². The van der Waals surface area contributed by atoms with Crippen LogP contribution in [-0.2, 0) is 5.41 Å². The van der Waals surface area contributed by atoms with E-state index in [-0.39, 0.29) is 11.6 Å². The van der Waals surface area contributed by atoms with Crippen molar-refractivity contribution in [2.45, 2.75) is 12.3 Å². The van der Waals surface area contributed by atoms with Gasteiger partial charge in [0.05, 0.1) is 11.3 Å². The lowest BCUT2D eigenvalue weighted by Crippen LogP contribution is -2.37. The SMILES string of the molecule is Cc1ccc(C2(c3ccccc3)C(c3ccc(F)cc3)=NC(N)=C2C#N)cc1. The molecule has 3 aromatic carbocycles. The predicted octanol–water partition coefficient (Wildman–Crippen LogP) is 4.62. The van der Waals surface area contributed by atoms with E-state index < -0.39 is 5.41 Å². The van der Waals surface area contributed by atoms with Crippen molar-refractivity contribution in [1.29, 1.82) is 5.26 Å². The Hall–Kier alpha value is -3.71. The maximum absolute atomic E-state index is 13.5. The number of hydrogen-bond donors (Lipinski definition) is 1. The van der Waals surface area contributed by atoms with Gasteiger partial charge in [0.25, 0.3) is 0 Å². The predicted molar refractivity (Wildman–Crippen MR) is 108 cm³/mol. The van der Waals surface area contributed by atoms with E-state index in [1.165, 1.54) is 12.1 Å². The molecule has 0 saturated heterocycles. The topological polar surface area (TPSA) is 62.2 Å². The van der Waals surface area contributed by atoms with Crippen LogP contribution in [0.1, 0.15) is 22.3 Å². The molecule has 28 heavy (non-hydrogen) atoms. The molecule has 0 radical (unpaired) electrons. The van der Waals surface area contributed by atoms with E-state index in [4.69, 9.17) is 5.73 Å². The number of aliphatic imine (C=N–C) groups is 1. The lowest BCUT2D eigenvalue weighted by Gasteiger charge is -2.33. The number of nitrogens with zero attached hydrogens (tertiary/aromatic N) is 2. The first-order valence-corrected chi connectivity index (χ1v) is 8.95. The molecule has 0 amide bonds. The van der Waals surface area contributed by atoms with Crippen LogP contribution in [-0.4, -0.2) is 5.71 Å². The summed E-state index contributed by atoms with van der Waals surface area (Å²) in [6, 6.07) is 26.1. The van der Waals surface area contributed by atoms with Crippen molar-refractivity contribution in [1.82, 2.24) is 0 Å². The first-order valence-electron chi connectivity index (χ1n) is 8.95. The Labute approximate surface area is 163 Å². The van der Waals surface area contributed by atoms with Gasteiger partial charge in [-0.2, -0.15) is 5.26 Å². The molecule has 0 spiro atoms. The molecule has 1 heterocycles. The fourth-order valence-electron chi connectivity index (χ4n) is 3.82. The van der Waals surface area contributed by atoms with Crippen LogP contribution in [0.5, 0.6) is 0 Å². The molecule has 4 rings (SSSR count). The van der Waals surface area contributed by atoms with Crippen LogP contribution >= 0.6 is 0 Å². The molecule has 2 N–H and O–H groups in total. The zero-order valence-electron chi connectivity index (χ0n) is 15.4. The van der Waals surface area contributed by atoms with Gasteiger partial charge in [0.15, 0.2) is 0 Å². The molecule has 1 atom stereocenters. The second-order valence-electron chi connectivity index (χ2n) is 6.82. The zero-order valence-corrected chi connectivity index (χ0v) is 15.4. The molecule has 0 aromatic heterocycles. The Morgan fingerprint density at radius 1 is 0.893 bits per heavy atom. The maximum atomic E-state index is 13.5. The van der Waals surface area contributed by atoms with Gasteiger partial charge in [-0.3, -0.25) is 0 Å². The smallest absolute Gasteiger partial charge is 0.139 e. The average molecular weight is 367 g/mol. The summed E-state index contributed by atoms with van der Waals surface area (Å²) in [4.78, 5) is 4.60. The monoisotopic (exact) mass is 367 g/mol. The van der Waals surface area contributed by atoms with E-state index in [2.05, 4.69) is 11.1 Å². The summed E-state index contributed by atoms with van der Waals surface area (Å²) in [6.45, 7) is 2.01. The summed E-state index contributed by atoms with van der Waals surface area (Å²) in [5.41, 5.74) is 9.88. The molecular weight excluding hydrogens is 349 g/mol. The number of hydrogen-bond acceptors (Lipinski definition) is 3. The number of halogens is 1. The van der Waals surface area contributed by atoms with Gasteiger partial charge in [0.2, 0.25) is 0 Å². The average Bonchev–Trinajstić information content (AvgIpc) is 3.02. The van der Waals surface area contributed by atoms with Gasteiger partial charge in [0, 0.05) is 0 Å². The first-order chi connectivity index (χ1) is 13.6. The summed E-state index contributed by atoms with van der Waals surface area (Å²) in [5, 5.41) is 10.0. The molecule has 3 aromatic rings. The third kappa shape index (κ3) is 2.60. The van der Waals surface area contributed by atoms with Gasteiger partial charge >= 0.3 is 0 Å². The van der Waals surface area contributed by atoms with Crippen LogP contribution < -0.4 is 5.73 Å². The molecule has 136 valence electrons. The zero-order chi connectivity index (χ0) is 19.7. The Morgan fingerprint density at radius 3 is 2.11 bits per heavy atom. The highest BCUT2D eigenvalue weighted by Crippen LogP contribution is 2.46. The quantitative estimate of drug-likeness (QED) is 0.734. The Bertz CT molecular complexity index is 1120. The van der Waals surface area contributed by atoms with Crippen LogP contribution in [0, 0.1) is 24.1 Å². The molecule has 0 fully saturated rings. The normalized spacial score (nSPS) is 18.7. The number of aryl methyl sites for hydroxylation is 1. The summed E-state index contributed by atoms with van der Waals surface area (Å²) in [7, 11) is 0. The van der Waals surface area contributed by atoms with Crippen LogP contribution in [0.3, 0.4) is 0 Å². The van der Waals surface area contributed by atoms with Crippen molar-refractivity contribution in [2.75, 3.05) is 0 Å². The fourth-order valence-corrected chi connectivity index (χ4v) is 3.82. The van der Waals surface area contributed by atoms with Crippen LogP contribution in [0.15, 0.2) is 95.2 Å². The third-order valence-corrected chi connectivity index (χ3v) is 5.14.